The van der Waals surface area contributed by atoms with E-state index in [1.807, 2.05) is 13.8 Å². The van der Waals surface area contributed by atoms with E-state index in [0.717, 1.165) is 12.1 Å². The first-order valence-electron chi connectivity index (χ1n) is 8.50. The molecule has 0 bridgehead atoms. The Hall–Kier alpha value is -2.83. The molecular weight excluding hydrogens is 357 g/mol. The van der Waals surface area contributed by atoms with Crippen LogP contribution in [0.3, 0.4) is 0 Å². The highest BCUT2D eigenvalue weighted by atomic mass is 19.4. The number of carbonyl (C=O) groups excluding carboxylic acids is 2. The summed E-state index contributed by atoms with van der Waals surface area (Å²) >= 11 is 0. The number of benzene rings is 2. The first-order valence-corrected chi connectivity index (χ1v) is 8.50. The average Bonchev–Trinajstić information content (AvgIpc) is 2.59. The lowest BCUT2D eigenvalue weighted by molar-refractivity contribution is -0.137. The minimum absolute atomic E-state index is 0.230. The van der Waals surface area contributed by atoms with Gasteiger partial charge in [-0.3, -0.25) is 9.59 Å². The van der Waals surface area contributed by atoms with Gasteiger partial charge in [0.1, 0.15) is 0 Å². The summed E-state index contributed by atoms with van der Waals surface area (Å²) in [4.78, 5) is 24.5. The molecule has 144 valence electrons. The SMILES string of the molecule is CC(C)CNC(=O)c1ccccc1NC(=O)Cc1cccc(C(F)(F)F)c1. The molecule has 2 amide bonds. The van der Waals surface area contributed by atoms with Crippen LogP contribution in [0.15, 0.2) is 48.5 Å². The van der Waals surface area contributed by atoms with Crippen molar-refractivity contribution in [2.45, 2.75) is 26.4 Å². The molecule has 0 heterocycles. The molecule has 0 spiro atoms. The van der Waals surface area contributed by atoms with Crippen molar-refractivity contribution < 1.29 is 22.8 Å². The second-order valence-corrected chi connectivity index (χ2v) is 6.57. The van der Waals surface area contributed by atoms with Crippen LogP contribution in [0.25, 0.3) is 0 Å². The summed E-state index contributed by atoms with van der Waals surface area (Å²) in [6.07, 6.45) is -4.69. The van der Waals surface area contributed by atoms with Crippen LogP contribution in [0.4, 0.5) is 18.9 Å². The third kappa shape index (κ3) is 6.13. The molecule has 0 saturated heterocycles. The predicted octanol–water partition coefficient (Wildman–Crippen LogP) is 4.27. The first kappa shape index (κ1) is 20.5. The fourth-order valence-electron chi connectivity index (χ4n) is 2.42. The van der Waals surface area contributed by atoms with Gasteiger partial charge in [0.2, 0.25) is 5.91 Å². The molecular formula is C20H21F3N2O2. The average molecular weight is 378 g/mol. The second kappa shape index (κ2) is 8.70. The number of carbonyl (C=O) groups is 2. The molecule has 2 rings (SSSR count). The van der Waals surface area contributed by atoms with Crippen LogP contribution >= 0.6 is 0 Å². The molecule has 0 aliphatic heterocycles. The Balaban J connectivity index is 2.09. The number of hydrogen-bond acceptors (Lipinski definition) is 2. The van der Waals surface area contributed by atoms with E-state index in [4.69, 9.17) is 0 Å². The molecule has 0 radical (unpaired) electrons. The van der Waals surface area contributed by atoms with Crippen LogP contribution in [0.5, 0.6) is 0 Å². The van der Waals surface area contributed by atoms with E-state index < -0.39 is 17.6 Å². The number of para-hydroxylation sites is 1. The quantitative estimate of drug-likeness (QED) is 0.789. The van der Waals surface area contributed by atoms with Crippen molar-refractivity contribution in [2.75, 3.05) is 11.9 Å². The van der Waals surface area contributed by atoms with Crippen LogP contribution in [-0.4, -0.2) is 18.4 Å². The zero-order valence-corrected chi connectivity index (χ0v) is 15.1. The van der Waals surface area contributed by atoms with E-state index in [1.165, 1.54) is 12.1 Å². The number of halogens is 3. The van der Waals surface area contributed by atoms with Gasteiger partial charge in [0.15, 0.2) is 0 Å². The lowest BCUT2D eigenvalue weighted by atomic mass is 10.1. The fraction of sp³-hybridized carbons (Fsp3) is 0.300. The summed E-state index contributed by atoms with van der Waals surface area (Å²) < 4.78 is 38.3. The highest BCUT2D eigenvalue weighted by molar-refractivity contribution is 6.04. The van der Waals surface area contributed by atoms with Gasteiger partial charge in [0, 0.05) is 6.54 Å². The molecule has 0 aromatic heterocycles. The van der Waals surface area contributed by atoms with Crippen LogP contribution in [-0.2, 0) is 17.4 Å². The van der Waals surface area contributed by atoms with Gasteiger partial charge in [-0.25, -0.2) is 0 Å². The Labute approximate surface area is 155 Å². The standard InChI is InChI=1S/C20H21F3N2O2/c1-13(2)12-24-19(27)16-8-3-4-9-17(16)25-18(26)11-14-6-5-7-15(10-14)20(21,22)23/h3-10,13H,11-12H2,1-2H3,(H,24,27)(H,25,26). The molecule has 0 aliphatic carbocycles. The van der Waals surface area contributed by atoms with E-state index in [0.29, 0.717) is 17.8 Å². The highest BCUT2D eigenvalue weighted by Crippen LogP contribution is 2.29. The molecule has 27 heavy (non-hydrogen) atoms. The Bertz CT molecular complexity index is 817. The van der Waals surface area contributed by atoms with Crippen LogP contribution in [0.2, 0.25) is 0 Å². The third-order valence-corrected chi connectivity index (χ3v) is 3.74. The molecule has 2 aromatic rings. The normalized spacial score (nSPS) is 11.3. The molecule has 0 aliphatic rings. The first-order chi connectivity index (χ1) is 12.7. The lowest BCUT2D eigenvalue weighted by Crippen LogP contribution is -2.28. The predicted molar refractivity (Wildman–Crippen MR) is 97.4 cm³/mol. The Kier molecular flexibility index (Phi) is 6.60. The van der Waals surface area contributed by atoms with Crippen molar-refractivity contribution in [3.8, 4) is 0 Å². The van der Waals surface area contributed by atoms with Gasteiger partial charge in [0.25, 0.3) is 5.91 Å². The minimum Gasteiger partial charge on any atom is -0.352 e. The summed E-state index contributed by atoms with van der Waals surface area (Å²) in [6.45, 7) is 4.41. The molecule has 0 unspecified atom stereocenters. The molecule has 0 fully saturated rings. The topological polar surface area (TPSA) is 58.2 Å². The Morgan fingerprint density at radius 1 is 1.04 bits per heavy atom. The van der Waals surface area contributed by atoms with Crippen molar-refractivity contribution in [1.29, 1.82) is 0 Å². The van der Waals surface area contributed by atoms with E-state index in [-0.39, 0.29) is 23.8 Å². The number of rotatable bonds is 6. The van der Waals surface area contributed by atoms with E-state index in [1.54, 1.807) is 24.3 Å². The number of nitrogens with one attached hydrogen (secondary N) is 2. The third-order valence-electron chi connectivity index (χ3n) is 3.74. The summed E-state index contributed by atoms with van der Waals surface area (Å²) in [5.41, 5.74) is 0.0524. The van der Waals surface area contributed by atoms with Crippen molar-refractivity contribution in [1.82, 2.24) is 5.32 Å². The Morgan fingerprint density at radius 3 is 2.41 bits per heavy atom. The summed E-state index contributed by atoms with van der Waals surface area (Å²) in [5.74, 6) is -0.547. The van der Waals surface area contributed by atoms with Crippen molar-refractivity contribution in [3.05, 3.63) is 65.2 Å². The van der Waals surface area contributed by atoms with Gasteiger partial charge in [-0.1, -0.05) is 44.2 Å². The van der Waals surface area contributed by atoms with Gasteiger partial charge >= 0.3 is 6.18 Å². The van der Waals surface area contributed by atoms with Crippen LogP contribution < -0.4 is 10.6 Å². The minimum atomic E-state index is -4.46. The molecule has 7 heteroatoms. The van der Waals surface area contributed by atoms with Crippen molar-refractivity contribution in [2.24, 2.45) is 5.92 Å². The molecule has 2 aromatic carbocycles. The maximum atomic E-state index is 12.8. The van der Waals surface area contributed by atoms with Gasteiger partial charge < -0.3 is 10.6 Å². The van der Waals surface area contributed by atoms with Gasteiger partial charge in [-0.15, -0.1) is 0 Å². The van der Waals surface area contributed by atoms with Gasteiger partial charge in [-0.2, -0.15) is 13.2 Å². The summed E-state index contributed by atoms with van der Waals surface area (Å²) in [5, 5.41) is 5.38. The smallest absolute Gasteiger partial charge is 0.352 e. The monoisotopic (exact) mass is 378 g/mol. The number of hydrogen-bond donors (Lipinski definition) is 2. The number of amides is 2. The second-order valence-electron chi connectivity index (χ2n) is 6.57. The molecule has 0 saturated carbocycles. The van der Waals surface area contributed by atoms with E-state index in [9.17, 15) is 22.8 Å². The van der Waals surface area contributed by atoms with Crippen molar-refractivity contribution >= 4 is 17.5 Å². The van der Waals surface area contributed by atoms with Crippen molar-refractivity contribution in [3.63, 3.8) is 0 Å². The van der Waals surface area contributed by atoms with Gasteiger partial charge in [0.05, 0.1) is 23.2 Å². The number of alkyl halides is 3. The molecule has 0 atom stereocenters. The highest BCUT2D eigenvalue weighted by Gasteiger charge is 2.30. The van der Waals surface area contributed by atoms with Gasteiger partial charge in [-0.05, 0) is 29.7 Å². The number of anilines is 1. The van der Waals surface area contributed by atoms with Crippen LogP contribution in [0.1, 0.15) is 35.3 Å². The molecule has 4 nitrogen and oxygen atoms in total. The van der Waals surface area contributed by atoms with Crippen LogP contribution in [0, 0.1) is 5.92 Å². The lowest BCUT2D eigenvalue weighted by Gasteiger charge is -2.13. The molecule has 2 N–H and O–H groups in total. The maximum absolute atomic E-state index is 12.8. The zero-order valence-electron chi connectivity index (χ0n) is 15.1. The Morgan fingerprint density at radius 2 is 1.74 bits per heavy atom. The van der Waals surface area contributed by atoms with E-state index >= 15 is 0 Å². The maximum Gasteiger partial charge on any atom is 0.416 e. The largest absolute Gasteiger partial charge is 0.416 e. The van der Waals surface area contributed by atoms with E-state index in [2.05, 4.69) is 10.6 Å². The fourth-order valence-corrected chi connectivity index (χ4v) is 2.42. The summed E-state index contributed by atoms with van der Waals surface area (Å²) in [6, 6.07) is 11.1. The summed E-state index contributed by atoms with van der Waals surface area (Å²) in [7, 11) is 0. The zero-order chi connectivity index (χ0) is 20.0.